The molecule has 5 radical (unpaired) electrons. The van der Waals surface area contributed by atoms with Crippen LogP contribution < -0.4 is 0 Å². The summed E-state index contributed by atoms with van der Waals surface area (Å²) < 4.78 is 4.69. The first kappa shape index (κ1) is 7.39. The lowest BCUT2D eigenvalue weighted by Crippen LogP contribution is -1.98. The van der Waals surface area contributed by atoms with Crippen LogP contribution in [-0.2, 0) is 4.12 Å². The summed E-state index contributed by atoms with van der Waals surface area (Å²) in [6.07, 6.45) is 0. The first-order valence-electron chi connectivity index (χ1n) is 2.32. The molecule has 0 N–H and O–H groups in total. The third-order valence-electron chi connectivity index (χ3n) is 0.564. The summed E-state index contributed by atoms with van der Waals surface area (Å²) in [6, 6.07) is 1.16. The van der Waals surface area contributed by atoms with Crippen LogP contribution in [0.15, 0.2) is 0 Å². The summed E-state index contributed by atoms with van der Waals surface area (Å²) in [5.41, 5.74) is 0. The van der Waals surface area contributed by atoms with Gasteiger partial charge in [-0.3, -0.25) is 0 Å². The van der Waals surface area contributed by atoms with Crippen molar-refractivity contribution >= 4 is 20.2 Å². The molecule has 0 rings (SSSR count). The van der Waals surface area contributed by atoms with E-state index in [9.17, 15) is 0 Å². The van der Waals surface area contributed by atoms with Crippen LogP contribution in [0.1, 0.15) is 13.8 Å². The molecule has 0 fully saturated rings. The van der Waals surface area contributed by atoms with Crippen LogP contribution >= 0.6 is 0 Å². The second-order valence-electron chi connectivity index (χ2n) is 1.84. The molecular formula is C4H9OSi2. The van der Waals surface area contributed by atoms with Crippen LogP contribution in [-0.4, -0.2) is 20.2 Å². The molecule has 0 spiro atoms. The van der Waals surface area contributed by atoms with Crippen molar-refractivity contribution in [2.75, 3.05) is 0 Å². The second-order valence-corrected chi connectivity index (χ2v) is 3.36. The van der Waals surface area contributed by atoms with Gasteiger partial charge in [-0.05, 0) is 12.0 Å². The molecule has 0 amide bonds. The first-order valence-corrected chi connectivity index (χ1v) is 3.85. The summed E-state index contributed by atoms with van der Waals surface area (Å²) in [7, 11) is 3.54. The number of hydrogen-bond acceptors (Lipinski definition) is 1. The molecule has 1 nitrogen and oxygen atoms in total. The van der Waals surface area contributed by atoms with Gasteiger partial charge in [0.25, 0.3) is 0 Å². The van der Waals surface area contributed by atoms with Gasteiger partial charge in [-0.2, -0.15) is 0 Å². The van der Waals surface area contributed by atoms with Gasteiger partial charge in [0.1, 0.15) is 0 Å². The Kier molecular flexibility index (Phi) is 4.81. The lowest BCUT2D eigenvalue weighted by molar-refractivity contribution is 0.625. The largest absolute Gasteiger partial charge is 0.458 e. The van der Waals surface area contributed by atoms with Gasteiger partial charge in [0.2, 0.25) is 20.2 Å². The van der Waals surface area contributed by atoms with E-state index in [1.54, 1.807) is 0 Å². The van der Waals surface area contributed by atoms with Gasteiger partial charge >= 0.3 is 0 Å². The number of rotatable bonds is 3. The minimum Gasteiger partial charge on any atom is -0.458 e. The Bertz CT molecular complexity index is 38.7. The maximum atomic E-state index is 4.69. The summed E-state index contributed by atoms with van der Waals surface area (Å²) in [5.74, 6) is 0.759. The number of hydrogen-bond donors (Lipinski definition) is 0. The maximum Gasteiger partial charge on any atom is 0.229 e. The fourth-order valence-corrected chi connectivity index (χ4v) is 0.875. The van der Waals surface area contributed by atoms with Gasteiger partial charge in [0, 0.05) is 0 Å². The van der Waals surface area contributed by atoms with Crippen molar-refractivity contribution in [1.29, 1.82) is 0 Å². The van der Waals surface area contributed by atoms with Crippen LogP contribution in [0.3, 0.4) is 0 Å². The van der Waals surface area contributed by atoms with Crippen molar-refractivity contribution in [1.82, 2.24) is 0 Å². The monoisotopic (exact) mass is 129 g/mol. The molecule has 7 heavy (non-hydrogen) atoms. The lowest BCUT2D eigenvalue weighted by Gasteiger charge is -1.97. The van der Waals surface area contributed by atoms with Crippen molar-refractivity contribution in [3.8, 4) is 0 Å². The lowest BCUT2D eigenvalue weighted by atomic mass is 10.3. The minimum atomic E-state index is 0.609. The molecule has 0 aromatic heterocycles. The molecular weight excluding hydrogens is 120 g/mol. The van der Waals surface area contributed by atoms with Gasteiger partial charge in [-0.15, -0.1) is 0 Å². The van der Waals surface area contributed by atoms with E-state index in [-0.39, 0.29) is 0 Å². The average Bonchev–Trinajstić information content (AvgIpc) is 1.61. The highest BCUT2D eigenvalue weighted by Crippen LogP contribution is 1.96. The average molecular weight is 129 g/mol. The molecule has 0 atom stereocenters. The third-order valence-corrected chi connectivity index (χ3v) is 2.12. The van der Waals surface area contributed by atoms with Crippen LogP contribution in [0, 0.1) is 5.92 Å². The molecule has 0 unspecified atom stereocenters. The molecule has 0 aliphatic heterocycles. The molecule has 39 valence electrons. The van der Waals surface area contributed by atoms with Crippen molar-refractivity contribution in [3.05, 3.63) is 0 Å². The Balaban J connectivity index is 2.68. The van der Waals surface area contributed by atoms with Crippen LogP contribution in [0.25, 0.3) is 0 Å². The molecule has 0 aliphatic rings. The Morgan fingerprint density at radius 2 is 2.29 bits per heavy atom. The summed E-state index contributed by atoms with van der Waals surface area (Å²) in [6.45, 7) is 4.36. The molecule has 0 saturated carbocycles. The van der Waals surface area contributed by atoms with Crippen molar-refractivity contribution in [2.45, 2.75) is 19.9 Å². The van der Waals surface area contributed by atoms with E-state index >= 15 is 0 Å². The van der Waals surface area contributed by atoms with Gasteiger partial charge in [-0.25, -0.2) is 0 Å². The van der Waals surface area contributed by atoms with E-state index in [0.717, 1.165) is 12.0 Å². The zero-order chi connectivity index (χ0) is 5.70. The Hall–Kier alpha value is 0.394. The molecule has 0 aromatic carbocycles. The molecule has 0 aliphatic carbocycles. The molecule has 0 saturated heterocycles. The van der Waals surface area contributed by atoms with Crippen LogP contribution in [0.4, 0.5) is 0 Å². The fraction of sp³-hybridized carbons (Fsp3) is 1.00. The van der Waals surface area contributed by atoms with Gasteiger partial charge in [0.05, 0.1) is 0 Å². The van der Waals surface area contributed by atoms with E-state index in [1.807, 2.05) is 0 Å². The third kappa shape index (κ3) is 6.39. The topological polar surface area (TPSA) is 9.23 Å². The van der Waals surface area contributed by atoms with E-state index < -0.39 is 0 Å². The van der Waals surface area contributed by atoms with Crippen LogP contribution in [0.2, 0.25) is 6.04 Å². The quantitative estimate of drug-likeness (QED) is 0.512. The maximum absolute atomic E-state index is 4.69. The van der Waals surface area contributed by atoms with Crippen molar-refractivity contribution < 1.29 is 4.12 Å². The zero-order valence-corrected chi connectivity index (χ0v) is 6.69. The first-order chi connectivity index (χ1) is 3.27. The molecule has 0 aromatic rings. The van der Waals surface area contributed by atoms with E-state index in [1.165, 1.54) is 0 Å². The highest BCUT2D eigenvalue weighted by Gasteiger charge is 1.91. The molecule has 3 heteroatoms. The molecule has 0 heterocycles. The van der Waals surface area contributed by atoms with Crippen molar-refractivity contribution in [3.63, 3.8) is 0 Å². The minimum absolute atomic E-state index is 0.609. The standard InChI is InChI=1S/C4H9OSi2/c1-4(2)3-7-5-6/h4H,3H2,1-2H3. The van der Waals surface area contributed by atoms with E-state index in [4.69, 9.17) is 0 Å². The zero-order valence-electron chi connectivity index (χ0n) is 4.69. The Morgan fingerprint density at radius 1 is 1.71 bits per heavy atom. The normalized spacial score (nSPS) is 10.3. The highest BCUT2D eigenvalue weighted by molar-refractivity contribution is 6.34. The van der Waals surface area contributed by atoms with Crippen LogP contribution in [0.5, 0.6) is 0 Å². The smallest absolute Gasteiger partial charge is 0.229 e. The van der Waals surface area contributed by atoms with Gasteiger partial charge in [0.15, 0.2) is 0 Å². The predicted octanol–water partition coefficient (Wildman–Crippen LogP) is 0.780. The van der Waals surface area contributed by atoms with Gasteiger partial charge in [-0.1, -0.05) is 13.8 Å². The Morgan fingerprint density at radius 3 is 2.43 bits per heavy atom. The van der Waals surface area contributed by atoms with Crippen molar-refractivity contribution in [2.24, 2.45) is 5.92 Å². The molecule has 0 bridgehead atoms. The van der Waals surface area contributed by atoms with Gasteiger partial charge < -0.3 is 4.12 Å². The SMILES string of the molecule is CC(C)C[Si]O[Si]. The summed E-state index contributed by atoms with van der Waals surface area (Å²) in [4.78, 5) is 0. The fourth-order valence-electron chi connectivity index (χ4n) is 0.208. The summed E-state index contributed by atoms with van der Waals surface area (Å²) in [5, 5.41) is 0. The predicted molar refractivity (Wildman–Crippen MR) is 32.2 cm³/mol. The Labute approximate surface area is 50.9 Å². The summed E-state index contributed by atoms with van der Waals surface area (Å²) >= 11 is 0. The second kappa shape index (κ2) is 4.55. The van der Waals surface area contributed by atoms with E-state index in [0.29, 0.717) is 9.76 Å². The highest BCUT2D eigenvalue weighted by atomic mass is 28.3. The van der Waals surface area contributed by atoms with E-state index in [2.05, 4.69) is 28.4 Å².